The van der Waals surface area contributed by atoms with Crippen LogP contribution in [0.5, 0.6) is 0 Å². The van der Waals surface area contributed by atoms with Crippen LogP contribution in [0, 0.1) is 11.8 Å². The summed E-state index contributed by atoms with van der Waals surface area (Å²) in [6, 6.07) is 0. The number of H-pyrrole nitrogens is 2. The number of rotatable bonds is 1. The van der Waals surface area contributed by atoms with Gasteiger partial charge in [-0.25, -0.2) is 4.79 Å². The third-order valence-electron chi connectivity index (χ3n) is 3.50. The smallest absolute Gasteiger partial charge is 0.323 e. The minimum absolute atomic E-state index is 0.0762. The number of imidazole rings is 1. The zero-order valence-corrected chi connectivity index (χ0v) is 8.82. The molecule has 0 saturated carbocycles. The van der Waals surface area contributed by atoms with Gasteiger partial charge in [-0.2, -0.15) is 0 Å². The molecular formula is C10H14N4O2. The highest BCUT2D eigenvalue weighted by Gasteiger charge is 2.38. The van der Waals surface area contributed by atoms with E-state index in [2.05, 4.69) is 15.3 Å². The number of nitrogens with zero attached hydrogens (tertiary/aromatic N) is 1. The third-order valence-corrected chi connectivity index (χ3v) is 3.50. The molecule has 1 amide bonds. The number of amides is 1. The van der Waals surface area contributed by atoms with Gasteiger partial charge < -0.3 is 20.2 Å². The average Bonchev–Trinajstić information content (AvgIpc) is 2.89. The van der Waals surface area contributed by atoms with E-state index in [1.165, 1.54) is 6.20 Å². The summed E-state index contributed by atoms with van der Waals surface area (Å²) in [6.07, 6.45) is 1.44. The number of nitrogens with one attached hydrogen (secondary N) is 3. The van der Waals surface area contributed by atoms with E-state index in [1.807, 2.05) is 4.90 Å². The number of likely N-dealkylation sites (tertiary alicyclic amines) is 1. The van der Waals surface area contributed by atoms with Gasteiger partial charge in [0.25, 0.3) is 5.91 Å². The van der Waals surface area contributed by atoms with Crippen molar-refractivity contribution in [1.29, 1.82) is 0 Å². The molecule has 2 saturated heterocycles. The summed E-state index contributed by atoms with van der Waals surface area (Å²) in [4.78, 5) is 29.7. The fourth-order valence-electron chi connectivity index (χ4n) is 2.64. The molecule has 3 N–H and O–H groups in total. The lowest BCUT2D eigenvalue weighted by molar-refractivity contribution is 0.0776. The lowest BCUT2D eigenvalue weighted by Gasteiger charge is -2.15. The van der Waals surface area contributed by atoms with Crippen LogP contribution in [0.15, 0.2) is 11.0 Å². The maximum absolute atomic E-state index is 12.0. The molecule has 0 aromatic carbocycles. The van der Waals surface area contributed by atoms with Crippen LogP contribution in [0.2, 0.25) is 0 Å². The Bertz CT molecular complexity index is 451. The van der Waals surface area contributed by atoms with Gasteiger partial charge in [0.2, 0.25) is 0 Å². The fourth-order valence-corrected chi connectivity index (χ4v) is 2.64. The molecule has 2 atom stereocenters. The quantitative estimate of drug-likeness (QED) is 0.570. The maximum Gasteiger partial charge on any atom is 0.323 e. The van der Waals surface area contributed by atoms with E-state index in [9.17, 15) is 9.59 Å². The van der Waals surface area contributed by atoms with Crippen molar-refractivity contribution in [3.63, 3.8) is 0 Å². The summed E-state index contributed by atoms with van der Waals surface area (Å²) in [7, 11) is 0. The monoisotopic (exact) mass is 222 g/mol. The molecule has 86 valence electrons. The van der Waals surface area contributed by atoms with E-state index in [0.717, 1.165) is 26.2 Å². The van der Waals surface area contributed by atoms with Crippen LogP contribution < -0.4 is 11.0 Å². The molecule has 1 aromatic heterocycles. The Morgan fingerprint density at radius 2 is 2.00 bits per heavy atom. The van der Waals surface area contributed by atoms with Crippen LogP contribution >= 0.6 is 0 Å². The Balaban J connectivity index is 1.75. The Labute approximate surface area is 92.0 Å². The summed E-state index contributed by atoms with van der Waals surface area (Å²) < 4.78 is 0. The summed E-state index contributed by atoms with van der Waals surface area (Å²) in [6.45, 7) is 3.59. The first kappa shape index (κ1) is 9.65. The number of fused-ring (bicyclic) bond motifs is 1. The van der Waals surface area contributed by atoms with Crippen molar-refractivity contribution < 1.29 is 4.79 Å². The highest BCUT2D eigenvalue weighted by atomic mass is 16.2. The van der Waals surface area contributed by atoms with Gasteiger partial charge >= 0.3 is 5.69 Å². The molecule has 0 radical (unpaired) electrons. The van der Waals surface area contributed by atoms with Gasteiger partial charge in [-0.05, 0) is 11.8 Å². The molecule has 2 aliphatic heterocycles. The average molecular weight is 222 g/mol. The topological polar surface area (TPSA) is 81.0 Å². The van der Waals surface area contributed by atoms with E-state index in [-0.39, 0.29) is 11.6 Å². The first-order chi connectivity index (χ1) is 7.74. The Morgan fingerprint density at radius 3 is 2.56 bits per heavy atom. The minimum Gasteiger partial charge on any atom is -0.337 e. The molecule has 0 aliphatic carbocycles. The van der Waals surface area contributed by atoms with Crippen LogP contribution in [0.25, 0.3) is 0 Å². The van der Waals surface area contributed by atoms with Crippen LogP contribution in [0.1, 0.15) is 10.5 Å². The highest BCUT2D eigenvalue weighted by molar-refractivity contribution is 5.92. The van der Waals surface area contributed by atoms with Gasteiger partial charge in [-0.3, -0.25) is 4.79 Å². The Morgan fingerprint density at radius 1 is 1.31 bits per heavy atom. The zero-order valence-electron chi connectivity index (χ0n) is 8.82. The summed E-state index contributed by atoms with van der Waals surface area (Å²) in [5, 5.41) is 3.33. The van der Waals surface area contributed by atoms with Crippen molar-refractivity contribution in [2.24, 2.45) is 11.8 Å². The molecule has 0 spiro atoms. The molecule has 2 unspecified atom stereocenters. The van der Waals surface area contributed by atoms with Crippen molar-refractivity contribution in [3.05, 3.63) is 22.4 Å². The van der Waals surface area contributed by atoms with E-state index in [4.69, 9.17) is 0 Å². The van der Waals surface area contributed by atoms with Crippen LogP contribution in [-0.2, 0) is 0 Å². The standard InChI is InChI=1S/C10H14N4O2/c15-9(8-3-12-10(16)13-8)14-4-6-1-11-2-7(6)5-14/h3,6-7,11H,1-2,4-5H2,(H2,12,13,16). The summed E-state index contributed by atoms with van der Waals surface area (Å²) >= 11 is 0. The van der Waals surface area contributed by atoms with Gasteiger partial charge in [-0.1, -0.05) is 0 Å². The number of hydrogen-bond acceptors (Lipinski definition) is 3. The molecular weight excluding hydrogens is 208 g/mol. The molecule has 2 fully saturated rings. The predicted molar refractivity (Wildman–Crippen MR) is 57.2 cm³/mol. The van der Waals surface area contributed by atoms with Gasteiger partial charge in [0.15, 0.2) is 0 Å². The van der Waals surface area contributed by atoms with Crippen molar-refractivity contribution in [2.45, 2.75) is 0 Å². The van der Waals surface area contributed by atoms with Crippen molar-refractivity contribution in [3.8, 4) is 0 Å². The molecule has 2 aliphatic rings. The zero-order chi connectivity index (χ0) is 11.1. The van der Waals surface area contributed by atoms with Crippen LogP contribution in [-0.4, -0.2) is 47.0 Å². The van der Waals surface area contributed by atoms with Crippen molar-refractivity contribution in [1.82, 2.24) is 20.2 Å². The molecule has 16 heavy (non-hydrogen) atoms. The number of aromatic amines is 2. The first-order valence-corrected chi connectivity index (χ1v) is 5.52. The molecule has 6 nitrogen and oxygen atoms in total. The van der Waals surface area contributed by atoms with Crippen molar-refractivity contribution in [2.75, 3.05) is 26.2 Å². The number of aromatic nitrogens is 2. The maximum atomic E-state index is 12.0. The highest BCUT2D eigenvalue weighted by Crippen LogP contribution is 2.26. The van der Waals surface area contributed by atoms with Gasteiger partial charge in [0, 0.05) is 32.4 Å². The first-order valence-electron chi connectivity index (χ1n) is 5.52. The van der Waals surface area contributed by atoms with E-state index in [1.54, 1.807) is 0 Å². The molecule has 6 heteroatoms. The molecule has 3 rings (SSSR count). The Hall–Kier alpha value is -1.56. The van der Waals surface area contributed by atoms with E-state index >= 15 is 0 Å². The molecule has 3 heterocycles. The predicted octanol–water partition coefficient (Wildman–Crippen LogP) is -1.01. The fraction of sp³-hybridized carbons (Fsp3) is 0.600. The summed E-state index contributed by atoms with van der Waals surface area (Å²) in [5.41, 5.74) is 0.0299. The van der Waals surface area contributed by atoms with E-state index < -0.39 is 0 Å². The Kier molecular flexibility index (Phi) is 2.10. The van der Waals surface area contributed by atoms with Crippen LogP contribution in [0.4, 0.5) is 0 Å². The largest absolute Gasteiger partial charge is 0.337 e. The second kappa shape index (κ2) is 3.48. The van der Waals surface area contributed by atoms with Crippen molar-refractivity contribution >= 4 is 5.91 Å². The third kappa shape index (κ3) is 1.46. The minimum atomic E-state index is -0.329. The second-order valence-electron chi connectivity index (χ2n) is 4.55. The summed E-state index contributed by atoms with van der Waals surface area (Å²) in [5.74, 6) is 1.08. The SMILES string of the molecule is O=C(c1c[nH]c(=O)[nH]1)N1CC2CNCC2C1. The lowest BCUT2D eigenvalue weighted by atomic mass is 10.0. The lowest BCUT2D eigenvalue weighted by Crippen LogP contribution is -2.32. The normalized spacial score (nSPS) is 28.4. The second-order valence-corrected chi connectivity index (χ2v) is 4.55. The molecule has 0 bridgehead atoms. The van der Waals surface area contributed by atoms with Gasteiger partial charge in [-0.15, -0.1) is 0 Å². The van der Waals surface area contributed by atoms with Gasteiger partial charge in [0.05, 0.1) is 0 Å². The number of hydrogen-bond donors (Lipinski definition) is 3. The van der Waals surface area contributed by atoms with E-state index in [0.29, 0.717) is 17.5 Å². The van der Waals surface area contributed by atoms with Crippen LogP contribution in [0.3, 0.4) is 0 Å². The molecule has 1 aromatic rings. The van der Waals surface area contributed by atoms with Gasteiger partial charge in [0.1, 0.15) is 5.69 Å². The number of carbonyl (C=O) groups is 1. The number of carbonyl (C=O) groups excluding carboxylic acids is 1.